The van der Waals surface area contributed by atoms with Crippen molar-refractivity contribution >= 4 is 32.7 Å². The molecule has 0 aliphatic carbocycles. The van der Waals surface area contributed by atoms with Crippen molar-refractivity contribution in [3.8, 4) is 22.4 Å². The maximum Gasteiger partial charge on any atom is 0.213 e. The number of benzene rings is 4. The molecule has 154 valence electrons. The Morgan fingerprint density at radius 1 is 0.656 bits per heavy atom. The molecule has 0 spiro atoms. The first kappa shape index (κ1) is 18.8. The summed E-state index contributed by atoms with van der Waals surface area (Å²) in [6.07, 6.45) is 2.22. The van der Waals surface area contributed by atoms with Gasteiger partial charge in [0.2, 0.25) is 5.69 Å². The normalized spacial score (nSPS) is 11.6. The minimum absolute atomic E-state index is 0.929. The quantitative estimate of drug-likeness (QED) is 0.268. The Morgan fingerprint density at radius 3 is 2.28 bits per heavy atom. The van der Waals surface area contributed by atoms with Crippen LogP contribution in [0.5, 0.6) is 0 Å². The Morgan fingerprint density at radius 2 is 1.44 bits per heavy atom. The number of nitrogens with zero attached hydrogens (tertiary/aromatic N) is 1. The van der Waals surface area contributed by atoms with Crippen LogP contribution < -0.4 is 4.57 Å². The molecule has 2 nitrogen and oxygen atoms in total. The summed E-state index contributed by atoms with van der Waals surface area (Å²) in [6, 6.07) is 30.1. The van der Waals surface area contributed by atoms with E-state index in [1.54, 1.807) is 0 Å². The highest BCUT2D eigenvalue weighted by Crippen LogP contribution is 2.38. The molecule has 2 heterocycles. The largest absolute Gasteiger partial charge is 0.456 e. The molecule has 4 aromatic carbocycles. The average Bonchev–Trinajstić information content (AvgIpc) is 3.17. The summed E-state index contributed by atoms with van der Waals surface area (Å²) >= 11 is 0. The van der Waals surface area contributed by atoms with E-state index in [9.17, 15) is 0 Å². The lowest BCUT2D eigenvalue weighted by Gasteiger charge is -2.10. The summed E-state index contributed by atoms with van der Waals surface area (Å²) in [4.78, 5) is 0. The van der Waals surface area contributed by atoms with Crippen LogP contribution in [0.25, 0.3) is 55.1 Å². The molecule has 0 N–H and O–H groups in total. The molecular formula is C30H24NO+. The molecular weight excluding hydrogens is 390 g/mol. The van der Waals surface area contributed by atoms with Crippen LogP contribution in [0, 0.1) is 13.8 Å². The monoisotopic (exact) mass is 414 g/mol. The Kier molecular flexibility index (Phi) is 4.16. The van der Waals surface area contributed by atoms with E-state index >= 15 is 0 Å². The fraction of sp³-hybridized carbons (Fsp3) is 0.100. The average molecular weight is 415 g/mol. The SMILES string of the molecule is Cc1c[n+](C)c(-c2cc3oc4ccc5ccccc5c4c3cc2C)cc1-c1ccccc1. The van der Waals surface area contributed by atoms with Crippen molar-refractivity contribution in [2.24, 2.45) is 7.05 Å². The Labute approximate surface area is 187 Å². The van der Waals surface area contributed by atoms with Crippen LogP contribution in [0.1, 0.15) is 11.1 Å². The van der Waals surface area contributed by atoms with E-state index in [1.165, 1.54) is 55.1 Å². The maximum absolute atomic E-state index is 6.35. The lowest BCUT2D eigenvalue weighted by atomic mass is 9.96. The van der Waals surface area contributed by atoms with Gasteiger partial charge in [0, 0.05) is 22.4 Å². The van der Waals surface area contributed by atoms with Crippen molar-refractivity contribution in [2.75, 3.05) is 0 Å². The van der Waals surface area contributed by atoms with Gasteiger partial charge in [-0.05, 0) is 59.5 Å². The molecule has 0 bridgehead atoms. The smallest absolute Gasteiger partial charge is 0.213 e. The first-order chi connectivity index (χ1) is 15.6. The molecule has 6 aromatic rings. The summed E-state index contributed by atoms with van der Waals surface area (Å²) < 4.78 is 8.56. The second-order valence-electron chi connectivity index (χ2n) is 8.66. The van der Waals surface area contributed by atoms with Gasteiger partial charge < -0.3 is 4.42 Å². The third kappa shape index (κ3) is 2.84. The molecule has 2 heteroatoms. The zero-order chi connectivity index (χ0) is 21.8. The lowest BCUT2D eigenvalue weighted by Crippen LogP contribution is -2.31. The summed E-state index contributed by atoms with van der Waals surface area (Å²) in [5.41, 5.74) is 9.24. The Balaban J connectivity index is 1.61. The Hall–Kier alpha value is -3.91. The molecule has 2 aromatic heterocycles. The van der Waals surface area contributed by atoms with Crippen LogP contribution >= 0.6 is 0 Å². The Bertz CT molecular complexity index is 1640. The van der Waals surface area contributed by atoms with Gasteiger partial charge in [0.15, 0.2) is 6.20 Å². The number of aryl methyl sites for hydroxylation is 3. The van der Waals surface area contributed by atoms with Crippen LogP contribution in [-0.4, -0.2) is 0 Å². The third-order valence-corrected chi connectivity index (χ3v) is 6.54. The van der Waals surface area contributed by atoms with Gasteiger partial charge in [-0.1, -0.05) is 60.7 Å². The van der Waals surface area contributed by atoms with Gasteiger partial charge in [-0.25, -0.2) is 4.57 Å². The highest BCUT2D eigenvalue weighted by atomic mass is 16.3. The van der Waals surface area contributed by atoms with Crippen LogP contribution in [-0.2, 0) is 7.05 Å². The van der Waals surface area contributed by atoms with E-state index in [0.717, 1.165) is 11.2 Å². The molecule has 0 unspecified atom stereocenters. The topological polar surface area (TPSA) is 17.0 Å². The minimum atomic E-state index is 0.929. The van der Waals surface area contributed by atoms with Crippen LogP contribution in [0.2, 0.25) is 0 Å². The van der Waals surface area contributed by atoms with Crippen molar-refractivity contribution < 1.29 is 8.98 Å². The van der Waals surface area contributed by atoms with Crippen LogP contribution in [0.3, 0.4) is 0 Å². The van der Waals surface area contributed by atoms with Gasteiger partial charge in [-0.15, -0.1) is 0 Å². The van der Waals surface area contributed by atoms with Crippen LogP contribution in [0.4, 0.5) is 0 Å². The van der Waals surface area contributed by atoms with Gasteiger partial charge >= 0.3 is 0 Å². The second-order valence-corrected chi connectivity index (χ2v) is 8.66. The van der Waals surface area contributed by atoms with Gasteiger partial charge in [-0.2, -0.15) is 0 Å². The van der Waals surface area contributed by atoms with E-state index in [2.05, 4.69) is 117 Å². The number of aromatic nitrogens is 1. The van der Waals surface area contributed by atoms with Gasteiger partial charge in [0.05, 0.1) is 5.56 Å². The van der Waals surface area contributed by atoms with Gasteiger partial charge in [0.1, 0.15) is 18.2 Å². The third-order valence-electron chi connectivity index (χ3n) is 6.54. The molecule has 0 radical (unpaired) electrons. The molecule has 0 atom stereocenters. The van der Waals surface area contributed by atoms with Crippen molar-refractivity contribution in [2.45, 2.75) is 13.8 Å². The second kappa shape index (κ2) is 7.06. The summed E-state index contributed by atoms with van der Waals surface area (Å²) in [7, 11) is 2.12. The first-order valence-electron chi connectivity index (χ1n) is 11.0. The van der Waals surface area contributed by atoms with E-state index in [-0.39, 0.29) is 0 Å². The fourth-order valence-electron chi connectivity index (χ4n) is 4.96. The molecule has 0 saturated heterocycles. The van der Waals surface area contributed by atoms with E-state index in [1.807, 2.05) is 0 Å². The molecule has 32 heavy (non-hydrogen) atoms. The number of fused-ring (bicyclic) bond motifs is 5. The molecule has 0 amide bonds. The van der Waals surface area contributed by atoms with Gasteiger partial charge in [-0.3, -0.25) is 0 Å². The molecule has 6 rings (SSSR count). The number of hydrogen-bond acceptors (Lipinski definition) is 1. The molecule has 0 aliphatic heterocycles. The maximum atomic E-state index is 6.35. The highest BCUT2D eigenvalue weighted by Gasteiger charge is 2.20. The molecule has 0 aliphatic rings. The number of hydrogen-bond donors (Lipinski definition) is 0. The number of rotatable bonds is 2. The van der Waals surface area contributed by atoms with Crippen LogP contribution in [0.15, 0.2) is 95.5 Å². The van der Waals surface area contributed by atoms with Gasteiger partial charge in [0.25, 0.3) is 0 Å². The molecule has 0 fully saturated rings. The zero-order valence-corrected chi connectivity index (χ0v) is 18.5. The molecule has 0 saturated carbocycles. The standard InChI is InChI=1S/C30H24NO/c1-19-15-26-29(32-28-14-13-22-11-7-8-12-23(22)30(26)28)17-25(19)27-16-24(20(2)18-31(27)3)21-9-5-4-6-10-21/h4-18H,1-3H3/q+1. The van der Waals surface area contributed by atoms with Crippen molar-refractivity contribution in [1.29, 1.82) is 0 Å². The van der Waals surface area contributed by atoms with E-state index in [4.69, 9.17) is 4.42 Å². The summed E-state index contributed by atoms with van der Waals surface area (Å²) in [5, 5.41) is 4.85. The fourth-order valence-corrected chi connectivity index (χ4v) is 4.96. The predicted molar refractivity (Wildman–Crippen MR) is 133 cm³/mol. The summed E-state index contributed by atoms with van der Waals surface area (Å²) in [5.74, 6) is 0. The number of furan rings is 1. The number of pyridine rings is 1. The predicted octanol–water partition coefficient (Wildman–Crippen LogP) is 7.51. The van der Waals surface area contributed by atoms with Crippen molar-refractivity contribution in [1.82, 2.24) is 0 Å². The van der Waals surface area contributed by atoms with E-state index < -0.39 is 0 Å². The zero-order valence-electron chi connectivity index (χ0n) is 18.5. The first-order valence-corrected chi connectivity index (χ1v) is 11.0. The van der Waals surface area contributed by atoms with E-state index in [0.29, 0.717) is 0 Å². The van der Waals surface area contributed by atoms with Crippen molar-refractivity contribution in [3.63, 3.8) is 0 Å². The van der Waals surface area contributed by atoms with Crippen molar-refractivity contribution in [3.05, 3.63) is 102 Å². The minimum Gasteiger partial charge on any atom is -0.456 e. The lowest BCUT2D eigenvalue weighted by molar-refractivity contribution is -0.660. The highest BCUT2D eigenvalue weighted by molar-refractivity contribution is 6.19. The summed E-state index contributed by atoms with van der Waals surface area (Å²) in [6.45, 7) is 4.37.